The molecule has 4 rings (SSSR count). The molecular weight excluding hydrogens is 674 g/mol. The number of nitrogens with one attached hydrogen (secondary N) is 1. The summed E-state index contributed by atoms with van der Waals surface area (Å²) in [4.78, 5) is 27.3. The van der Waals surface area contributed by atoms with Gasteiger partial charge in [-0.2, -0.15) is 8.42 Å². The Morgan fingerprint density at radius 1 is 1.13 bits per heavy atom. The van der Waals surface area contributed by atoms with Crippen molar-refractivity contribution < 1.29 is 31.7 Å². The molecule has 2 aromatic carbocycles. The predicted molar refractivity (Wildman–Crippen MR) is 163 cm³/mol. The molecule has 2 aromatic rings. The van der Waals surface area contributed by atoms with Crippen LogP contribution in [0.25, 0.3) is 0 Å². The van der Waals surface area contributed by atoms with Crippen molar-refractivity contribution in [3.05, 3.63) is 82.3 Å². The van der Waals surface area contributed by atoms with Gasteiger partial charge in [0.05, 0.1) is 25.8 Å². The molecular formula is C24H24IN2NaO7S3. The Labute approximate surface area is 262 Å². The number of rotatable bonds is 8. The van der Waals surface area contributed by atoms with Crippen LogP contribution < -0.4 is 10.2 Å². The fourth-order valence-electron chi connectivity index (χ4n) is 3.87. The number of carbonyl (C=O) groups is 2. The number of allylic oxidation sites excluding steroid dienone is 5. The summed E-state index contributed by atoms with van der Waals surface area (Å²) in [6.45, 7) is 0.314. The van der Waals surface area contributed by atoms with Crippen molar-refractivity contribution >= 4 is 108 Å². The first-order chi connectivity index (χ1) is 17.5. The van der Waals surface area contributed by atoms with Crippen molar-refractivity contribution in [2.75, 3.05) is 26.9 Å². The van der Waals surface area contributed by atoms with Crippen molar-refractivity contribution in [2.24, 2.45) is 0 Å². The van der Waals surface area contributed by atoms with Crippen LogP contribution in [0, 0.1) is 0 Å². The first-order valence-electron chi connectivity index (χ1n) is 10.9. The number of fused-ring (bicyclic) bond motifs is 2. The van der Waals surface area contributed by atoms with Gasteiger partial charge in [0.15, 0.2) is 0 Å². The summed E-state index contributed by atoms with van der Waals surface area (Å²) in [6.07, 6.45) is 6.54. The molecule has 14 heteroatoms. The van der Waals surface area contributed by atoms with Crippen LogP contribution >= 0.6 is 44.9 Å². The summed E-state index contributed by atoms with van der Waals surface area (Å²) < 4.78 is 53.0. The molecule has 0 spiro atoms. The van der Waals surface area contributed by atoms with Gasteiger partial charge in [-0.3, -0.25) is 23.2 Å². The third kappa shape index (κ3) is 7.13. The molecule has 2 aliphatic rings. The van der Waals surface area contributed by atoms with Crippen LogP contribution in [0.5, 0.6) is 0 Å². The zero-order valence-corrected chi connectivity index (χ0v) is 23.8. The van der Waals surface area contributed by atoms with E-state index in [-0.39, 0.29) is 63.0 Å². The fourth-order valence-corrected chi connectivity index (χ4v) is 7.31. The number of carbonyl (C=O) groups excluding carboxylic acids is 2. The molecule has 9 nitrogen and oxygen atoms in total. The number of ketones is 1. The van der Waals surface area contributed by atoms with Crippen molar-refractivity contribution in [3.8, 4) is 0 Å². The van der Waals surface area contributed by atoms with Crippen molar-refractivity contribution in [2.45, 2.75) is 16.2 Å². The molecule has 0 aliphatic carbocycles. The van der Waals surface area contributed by atoms with E-state index in [1.165, 1.54) is 23.9 Å². The van der Waals surface area contributed by atoms with Gasteiger partial charge in [-0.15, -0.1) is 10.6 Å². The van der Waals surface area contributed by atoms with Crippen LogP contribution in [0.3, 0.4) is 0 Å². The second kappa shape index (κ2) is 13.0. The van der Waals surface area contributed by atoms with Crippen molar-refractivity contribution in [3.63, 3.8) is 0 Å². The third-order valence-electron chi connectivity index (χ3n) is 5.49. The van der Waals surface area contributed by atoms with E-state index < -0.39 is 26.5 Å². The SMILES string of the molecule is O=C(CI)Nc1ccc2c(c1)SC(=CC=CC=C1C(=O)c3ccccc3S1(O)O)N2CCCS(=O)(=O)O.[NaH]. The minimum absolute atomic E-state index is 0. The normalized spacial score (nSPS) is 18.9. The van der Waals surface area contributed by atoms with Gasteiger partial charge in [-0.05, 0) is 48.9 Å². The molecule has 38 heavy (non-hydrogen) atoms. The topological polar surface area (TPSA) is 144 Å². The van der Waals surface area contributed by atoms with Crippen LogP contribution in [0.4, 0.5) is 11.4 Å². The molecule has 2 heterocycles. The monoisotopic (exact) mass is 698 g/mol. The summed E-state index contributed by atoms with van der Waals surface area (Å²) in [6, 6.07) is 11.8. The van der Waals surface area contributed by atoms with Crippen LogP contribution in [-0.2, 0) is 14.9 Å². The molecule has 0 bridgehead atoms. The number of benzene rings is 2. The zero-order chi connectivity index (χ0) is 26.8. The minimum atomic E-state index is -4.10. The van der Waals surface area contributed by atoms with E-state index in [9.17, 15) is 27.1 Å². The number of nitrogens with zero attached hydrogens (tertiary/aromatic N) is 1. The van der Waals surface area contributed by atoms with Gasteiger partial charge in [0, 0.05) is 22.7 Å². The number of hydrogen-bond donors (Lipinski definition) is 4. The summed E-state index contributed by atoms with van der Waals surface area (Å²) >= 11 is 3.39. The predicted octanol–water partition coefficient (Wildman–Crippen LogP) is 4.89. The number of hydrogen-bond acceptors (Lipinski definition) is 8. The van der Waals surface area contributed by atoms with Crippen LogP contribution in [-0.4, -0.2) is 80.0 Å². The molecule has 0 atom stereocenters. The number of anilines is 2. The maximum absolute atomic E-state index is 12.7. The fraction of sp³-hybridized carbons (Fsp3) is 0.167. The first kappa shape index (κ1) is 31.4. The maximum atomic E-state index is 12.7. The number of amides is 1. The first-order valence-corrected chi connectivity index (χ1v) is 16.4. The Balaban J connectivity index is 0.00000400. The molecule has 0 fully saturated rings. The quantitative estimate of drug-likeness (QED) is 0.0997. The van der Waals surface area contributed by atoms with Gasteiger partial charge >= 0.3 is 29.6 Å². The summed E-state index contributed by atoms with van der Waals surface area (Å²) in [5, 5.41) is 3.56. The van der Waals surface area contributed by atoms with E-state index in [4.69, 9.17) is 4.55 Å². The summed E-state index contributed by atoms with van der Waals surface area (Å²) in [5.41, 5.74) is 1.73. The molecule has 0 unspecified atom stereocenters. The van der Waals surface area contributed by atoms with Gasteiger partial charge in [0.2, 0.25) is 11.7 Å². The molecule has 1 amide bonds. The Hall–Kier alpha value is -1.14. The third-order valence-corrected chi connectivity index (χ3v) is 10.0. The number of halogens is 1. The molecule has 0 saturated heterocycles. The second-order valence-corrected chi connectivity index (χ2v) is 13.4. The molecule has 0 aromatic heterocycles. The molecule has 198 valence electrons. The van der Waals surface area contributed by atoms with Crippen LogP contribution in [0.15, 0.2) is 86.5 Å². The summed E-state index contributed by atoms with van der Waals surface area (Å²) in [5.74, 6) is -0.943. The molecule has 0 saturated carbocycles. The average molecular weight is 699 g/mol. The van der Waals surface area contributed by atoms with E-state index >= 15 is 0 Å². The van der Waals surface area contributed by atoms with Gasteiger partial charge in [-0.25, -0.2) is 0 Å². The van der Waals surface area contributed by atoms with Crippen LogP contribution in [0.2, 0.25) is 0 Å². The number of Topliss-reactive ketones (excluding diaryl/α,β-unsaturated/α-hetero) is 1. The van der Waals surface area contributed by atoms with E-state index in [1.807, 2.05) is 39.6 Å². The Bertz CT molecular complexity index is 1460. The van der Waals surface area contributed by atoms with Crippen LogP contribution in [0.1, 0.15) is 16.8 Å². The Morgan fingerprint density at radius 3 is 2.53 bits per heavy atom. The van der Waals surface area contributed by atoms with E-state index in [2.05, 4.69) is 5.32 Å². The van der Waals surface area contributed by atoms with Crippen molar-refractivity contribution in [1.82, 2.24) is 0 Å². The Morgan fingerprint density at radius 2 is 1.84 bits per heavy atom. The standard InChI is InChI=1S/C24H23IN2O7S3.Na.H/c25-15-22(28)26-16-10-11-18-19(14-16)35-23(27(18)12-5-13-36(30,31)32)9-4-3-8-21-24(29)17-6-1-2-7-20(17)37(21,33)34;;/h1-4,6-11,14,33-34H,5,12-13,15H2,(H,26,28)(H,30,31,32);;. The number of thioether (sulfide) groups is 1. The zero-order valence-electron chi connectivity index (χ0n) is 19.2. The molecule has 4 N–H and O–H groups in total. The molecule has 2 aliphatic heterocycles. The van der Waals surface area contributed by atoms with Gasteiger partial charge in [-0.1, -0.05) is 58.6 Å². The number of alkyl halides is 1. The van der Waals surface area contributed by atoms with E-state index in [0.29, 0.717) is 16.7 Å². The molecule has 0 radical (unpaired) electrons. The van der Waals surface area contributed by atoms with E-state index in [1.54, 1.807) is 42.5 Å². The average Bonchev–Trinajstić information content (AvgIpc) is 3.27. The van der Waals surface area contributed by atoms with Gasteiger partial charge in [0.1, 0.15) is 4.91 Å². The van der Waals surface area contributed by atoms with E-state index in [0.717, 1.165) is 15.6 Å². The second-order valence-electron chi connectivity index (χ2n) is 8.05. The Kier molecular flexibility index (Phi) is 10.8. The van der Waals surface area contributed by atoms with Gasteiger partial charge < -0.3 is 10.2 Å². The van der Waals surface area contributed by atoms with Gasteiger partial charge in [0.25, 0.3) is 10.1 Å². The van der Waals surface area contributed by atoms with Crippen molar-refractivity contribution in [1.29, 1.82) is 0 Å². The summed E-state index contributed by atoms with van der Waals surface area (Å²) in [7, 11) is -7.49.